The number of nitrogens with zero attached hydrogens (tertiary/aromatic N) is 1. The Bertz CT molecular complexity index is 792. The van der Waals surface area contributed by atoms with E-state index in [-0.39, 0.29) is 22.8 Å². The van der Waals surface area contributed by atoms with E-state index in [9.17, 15) is 24.1 Å². The fourth-order valence-electron chi connectivity index (χ4n) is 1.80. The molecule has 0 fully saturated rings. The van der Waals surface area contributed by atoms with E-state index in [1.807, 2.05) is 0 Å². The molecule has 0 aliphatic rings. The lowest BCUT2D eigenvalue weighted by molar-refractivity contribution is -0.384. The molecule has 2 amide bonds. The average Bonchev–Trinajstić information content (AvgIpc) is 2.56. The van der Waals surface area contributed by atoms with Crippen molar-refractivity contribution in [1.82, 2.24) is 0 Å². The third-order valence-electron chi connectivity index (χ3n) is 2.95. The van der Waals surface area contributed by atoms with Crippen molar-refractivity contribution in [2.45, 2.75) is 0 Å². The highest BCUT2D eigenvalue weighted by atomic mass is 19.1. The molecule has 124 valence electrons. The van der Waals surface area contributed by atoms with E-state index in [4.69, 9.17) is 4.74 Å². The monoisotopic (exact) mass is 333 g/mol. The second kappa shape index (κ2) is 7.18. The minimum absolute atomic E-state index is 0.0344. The third-order valence-corrected chi connectivity index (χ3v) is 2.95. The lowest BCUT2D eigenvalue weighted by atomic mass is 10.2. The minimum atomic E-state index is -1.01. The first kappa shape index (κ1) is 16.9. The maximum atomic E-state index is 12.8. The SMILES string of the molecule is COc1cc([N+](=O)[O-])ccc1NC(=O)C(=O)Nc1ccc(F)cc1. The lowest BCUT2D eigenvalue weighted by Gasteiger charge is -2.10. The summed E-state index contributed by atoms with van der Waals surface area (Å²) in [5, 5.41) is 15.3. The van der Waals surface area contributed by atoms with Crippen LogP contribution in [0, 0.1) is 15.9 Å². The summed E-state index contributed by atoms with van der Waals surface area (Å²) >= 11 is 0. The number of non-ortho nitro benzene ring substituents is 1. The van der Waals surface area contributed by atoms with Crippen LogP contribution in [0.2, 0.25) is 0 Å². The summed E-state index contributed by atoms with van der Waals surface area (Å²) in [5.74, 6) is -2.44. The molecule has 0 spiro atoms. The Morgan fingerprint density at radius 3 is 2.29 bits per heavy atom. The van der Waals surface area contributed by atoms with Crippen molar-refractivity contribution >= 4 is 28.9 Å². The van der Waals surface area contributed by atoms with Gasteiger partial charge < -0.3 is 15.4 Å². The van der Waals surface area contributed by atoms with Gasteiger partial charge in [-0.1, -0.05) is 0 Å². The van der Waals surface area contributed by atoms with Crippen LogP contribution in [0.15, 0.2) is 42.5 Å². The van der Waals surface area contributed by atoms with Crippen molar-refractivity contribution in [2.75, 3.05) is 17.7 Å². The van der Waals surface area contributed by atoms with E-state index < -0.39 is 22.6 Å². The van der Waals surface area contributed by atoms with Gasteiger partial charge in [-0.2, -0.15) is 0 Å². The molecule has 0 heterocycles. The Hall–Kier alpha value is -3.49. The number of hydrogen-bond acceptors (Lipinski definition) is 5. The molecular formula is C15H12FN3O5. The quantitative estimate of drug-likeness (QED) is 0.507. The Morgan fingerprint density at radius 1 is 1.08 bits per heavy atom. The van der Waals surface area contributed by atoms with Gasteiger partial charge >= 0.3 is 11.8 Å². The molecule has 0 aliphatic carbocycles. The van der Waals surface area contributed by atoms with Gasteiger partial charge in [0.1, 0.15) is 11.6 Å². The van der Waals surface area contributed by atoms with Crippen LogP contribution in [0.4, 0.5) is 21.5 Å². The summed E-state index contributed by atoms with van der Waals surface area (Å²) in [6.07, 6.45) is 0. The Kier molecular flexibility index (Phi) is 5.05. The third kappa shape index (κ3) is 4.03. The Balaban J connectivity index is 2.09. The number of benzene rings is 2. The van der Waals surface area contributed by atoms with Crippen LogP contribution in [0.5, 0.6) is 5.75 Å². The first-order valence-corrected chi connectivity index (χ1v) is 6.61. The number of rotatable bonds is 4. The largest absolute Gasteiger partial charge is 0.494 e. The van der Waals surface area contributed by atoms with E-state index in [2.05, 4.69) is 10.6 Å². The van der Waals surface area contributed by atoms with Gasteiger partial charge in [0.05, 0.1) is 23.8 Å². The van der Waals surface area contributed by atoms with Crippen molar-refractivity contribution in [2.24, 2.45) is 0 Å². The standard InChI is InChI=1S/C15H12FN3O5/c1-24-13-8-11(19(22)23)6-7-12(13)18-15(21)14(20)17-10-4-2-9(16)3-5-10/h2-8H,1H3,(H,17,20)(H,18,21). The predicted molar refractivity (Wildman–Crippen MR) is 83.3 cm³/mol. The number of methoxy groups -OCH3 is 1. The second-order valence-corrected chi connectivity index (χ2v) is 4.56. The first-order valence-electron chi connectivity index (χ1n) is 6.61. The van der Waals surface area contributed by atoms with Gasteiger partial charge in [-0.05, 0) is 30.3 Å². The van der Waals surface area contributed by atoms with Gasteiger partial charge in [-0.25, -0.2) is 4.39 Å². The summed E-state index contributed by atoms with van der Waals surface area (Å²) in [4.78, 5) is 33.8. The van der Waals surface area contributed by atoms with Crippen LogP contribution in [0.3, 0.4) is 0 Å². The van der Waals surface area contributed by atoms with Gasteiger partial charge in [0.15, 0.2) is 0 Å². The topological polar surface area (TPSA) is 111 Å². The summed E-state index contributed by atoms with van der Waals surface area (Å²) in [6.45, 7) is 0. The molecule has 0 atom stereocenters. The molecule has 24 heavy (non-hydrogen) atoms. The zero-order chi connectivity index (χ0) is 17.7. The van der Waals surface area contributed by atoms with E-state index in [0.717, 1.165) is 24.3 Å². The summed E-state index contributed by atoms with van der Waals surface area (Å²) in [7, 11) is 1.27. The predicted octanol–water partition coefficient (Wildman–Crippen LogP) is 2.32. The number of amides is 2. The van der Waals surface area contributed by atoms with Crippen molar-refractivity contribution in [3.8, 4) is 5.75 Å². The highest BCUT2D eigenvalue weighted by Gasteiger charge is 2.18. The molecule has 0 bridgehead atoms. The highest BCUT2D eigenvalue weighted by Crippen LogP contribution is 2.28. The van der Waals surface area contributed by atoms with Crippen molar-refractivity contribution in [3.05, 3.63) is 58.4 Å². The number of nitro groups is 1. The molecule has 8 nitrogen and oxygen atoms in total. The number of hydrogen-bond donors (Lipinski definition) is 2. The number of carbonyl (C=O) groups excluding carboxylic acids is 2. The molecule has 0 aromatic heterocycles. The van der Waals surface area contributed by atoms with Crippen molar-refractivity contribution in [1.29, 1.82) is 0 Å². The second-order valence-electron chi connectivity index (χ2n) is 4.56. The summed E-state index contributed by atoms with van der Waals surface area (Å²) in [6, 6.07) is 8.39. The molecule has 0 saturated heterocycles. The lowest BCUT2D eigenvalue weighted by Crippen LogP contribution is -2.29. The van der Waals surface area contributed by atoms with E-state index >= 15 is 0 Å². The van der Waals surface area contributed by atoms with E-state index in [1.165, 1.54) is 25.3 Å². The Morgan fingerprint density at radius 2 is 1.71 bits per heavy atom. The zero-order valence-corrected chi connectivity index (χ0v) is 12.4. The fourth-order valence-corrected chi connectivity index (χ4v) is 1.80. The van der Waals surface area contributed by atoms with Gasteiger partial charge in [0.2, 0.25) is 0 Å². The van der Waals surface area contributed by atoms with Gasteiger partial charge in [0, 0.05) is 11.8 Å². The van der Waals surface area contributed by atoms with Crippen LogP contribution in [0.25, 0.3) is 0 Å². The van der Waals surface area contributed by atoms with Gasteiger partial charge in [0.25, 0.3) is 5.69 Å². The zero-order valence-electron chi connectivity index (χ0n) is 12.4. The summed E-state index contributed by atoms with van der Waals surface area (Å²) < 4.78 is 17.7. The minimum Gasteiger partial charge on any atom is -0.494 e. The molecule has 2 aromatic rings. The molecule has 2 rings (SSSR count). The molecule has 0 aliphatic heterocycles. The molecule has 2 aromatic carbocycles. The molecule has 0 saturated carbocycles. The summed E-state index contributed by atoms with van der Waals surface area (Å²) in [5.41, 5.74) is 0.121. The van der Waals surface area contributed by atoms with Crippen molar-refractivity contribution in [3.63, 3.8) is 0 Å². The molecule has 2 N–H and O–H groups in total. The maximum Gasteiger partial charge on any atom is 0.314 e. The van der Waals surface area contributed by atoms with Crippen molar-refractivity contribution < 1.29 is 23.6 Å². The average molecular weight is 333 g/mol. The highest BCUT2D eigenvalue weighted by molar-refractivity contribution is 6.43. The number of carbonyl (C=O) groups is 2. The fraction of sp³-hybridized carbons (Fsp3) is 0.0667. The van der Waals surface area contributed by atoms with Gasteiger partial charge in [-0.15, -0.1) is 0 Å². The van der Waals surface area contributed by atoms with Crippen LogP contribution in [-0.4, -0.2) is 23.8 Å². The smallest absolute Gasteiger partial charge is 0.314 e. The molecule has 0 unspecified atom stereocenters. The van der Waals surface area contributed by atoms with E-state index in [1.54, 1.807) is 0 Å². The van der Waals surface area contributed by atoms with Crippen LogP contribution in [-0.2, 0) is 9.59 Å². The number of ether oxygens (including phenoxy) is 1. The van der Waals surface area contributed by atoms with Gasteiger partial charge in [-0.3, -0.25) is 19.7 Å². The van der Waals surface area contributed by atoms with Crippen LogP contribution in [0.1, 0.15) is 0 Å². The first-order chi connectivity index (χ1) is 11.4. The van der Waals surface area contributed by atoms with Crippen LogP contribution >= 0.6 is 0 Å². The molecule has 9 heteroatoms. The number of nitrogens with one attached hydrogen (secondary N) is 2. The van der Waals surface area contributed by atoms with Crippen LogP contribution < -0.4 is 15.4 Å². The molecular weight excluding hydrogens is 321 g/mol. The van der Waals surface area contributed by atoms with E-state index in [0.29, 0.717) is 0 Å². The number of halogens is 1. The molecule has 0 radical (unpaired) electrons. The maximum absolute atomic E-state index is 12.8. The number of nitro benzene ring substituents is 1. The normalized spacial score (nSPS) is 9.92. The number of anilines is 2. The Labute approximate surface area is 135 Å².